The first kappa shape index (κ1) is 10.5. The molecule has 0 atom stereocenters. The Labute approximate surface area is 88.9 Å². The van der Waals surface area contributed by atoms with Gasteiger partial charge in [-0.2, -0.15) is 0 Å². The molecule has 2 heterocycles. The molecule has 14 heavy (non-hydrogen) atoms. The minimum Gasteiger partial charge on any atom is -0.298 e. The summed E-state index contributed by atoms with van der Waals surface area (Å²) < 4.78 is 0. The van der Waals surface area contributed by atoms with E-state index in [0.29, 0.717) is 11.0 Å². The van der Waals surface area contributed by atoms with Crippen molar-refractivity contribution < 1.29 is 0 Å². The number of rotatable bonds is 2. The Bertz CT molecular complexity index is 192. The summed E-state index contributed by atoms with van der Waals surface area (Å²) in [6.07, 6.45) is 8.68. The van der Waals surface area contributed by atoms with E-state index in [0.717, 1.165) is 0 Å². The normalized spacial score (nSPS) is 26.8. The van der Waals surface area contributed by atoms with Gasteiger partial charge in [0.1, 0.15) is 0 Å². The molecule has 2 saturated heterocycles. The average molecular weight is 195 g/mol. The van der Waals surface area contributed by atoms with Crippen LogP contribution in [0.3, 0.4) is 0 Å². The maximum atomic E-state index is 2.78. The second-order valence-corrected chi connectivity index (χ2v) is 6.48. The van der Waals surface area contributed by atoms with E-state index >= 15 is 0 Å². The van der Waals surface area contributed by atoms with Gasteiger partial charge >= 0.3 is 0 Å². The first-order valence-corrected chi connectivity index (χ1v) is 6.27. The third-order valence-electron chi connectivity index (χ3n) is 4.15. The molecule has 0 aromatic carbocycles. The lowest BCUT2D eigenvalue weighted by atomic mass is 9.81. The molecule has 2 fully saturated rings. The van der Waals surface area contributed by atoms with Gasteiger partial charge in [0.25, 0.3) is 0 Å². The molecule has 0 unspecified atom stereocenters. The minimum atomic E-state index is 0.519. The highest BCUT2D eigenvalue weighted by Crippen LogP contribution is 2.43. The molecule has 0 aromatic rings. The average Bonchev–Trinajstić information content (AvgIpc) is 2.56. The Hall–Kier alpha value is -0.0400. The lowest BCUT2D eigenvalue weighted by molar-refractivity contribution is 0.158. The van der Waals surface area contributed by atoms with Crippen LogP contribution in [0.25, 0.3) is 0 Å². The third-order valence-corrected chi connectivity index (χ3v) is 4.15. The second kappa shape index (κ2) is 3.52. The summed E-state index contributed by atoms with van der Waals surface area (Å²) in [6.45, 7) is 9.88. The van der Waals surface area contributed by atoms with Crippen LogP contribution in [0.5, 0.6) is 0 Å². The smallest absolute Gasteiger partial charge is 0.0210 e. The molecule has 1 nitrogen and oxygen atoms in total. The van der Waals surface area contributed by atoms with Gasteiger partial charge in [0.2, 0.25) is 0 Å². The molecule has 0 aromatic heterocycles. The minimum absolute atomic E-state index is 0.519. The summed E-state index contributed by atoms with van der Waals surface area (Å²) in [4.78, 5) is 2.78. The van der Waals surface area contributed by atoms with Gasteiger partial charge in [0.05, 0.1) is 0 Å². The second-order valence-electron chi connectivity index (χ2n) is 6.48. The molecule has 0 spiro atoms. The van der Waals surface area contributed by atoms with Crippen molar-refractivity contribution in [3.63, 3.8) is 0 Å². The quantitative estimate of drug-likeness (QED) is 0.652. The molecule has 0 saturated carbocycles. The number of hydrogen-bond acceptors (Lipinski definition) is 1. The van der Waals surface area contributed by atoms with Crippen LogP contribution < -0.4 is 0 Å². The van der Waals surface area contributed by atoms with Gasteiger partial charge in [-0.3, -0.25) is 4.90 Å². The highest BCUT2D eigenvalue weighted by molar-refractivity contribution is 5.00. The van der Waals surface area contributed by atoms with E-state index < -0.39 is 0 Å². The summed E-state index contributed by atoms with van der Waals surface area (Å²) in [6, 6.07) is 0. The highest BCUT2D eigenvalue weighted by Gasteiger charge is 2.43. The van der Waals surface area contributed by atoms with Gasteiger partial charge in [0, 0.05) is 5.54 Å². The van der Waals surface area contributed by atoms with Crippen LogP contribution in [0, 0.1) is 5.41 Å². The predicted molar refractivity (Wildman–Crippen MR) is 61.5 cm³/mol. The zero-order valence-corrected chi connectivity index (χ0v) is 10.1. The number of fused-ring (bicyclic) bond motifs is 1. The van der Waals surface area contributed by atoms with Crippen molar-refractivity contribution in [3.8, 4) is 0 Å². The van der Waals surface area contributed by atoms with Gasteiger partial charge in [-0.05, 0) is 57.0 Å². The fourth-order valence-electron chi connectivity index (χ4n) is 3.24. The molecule has 0 amide bonds. The Kier molecular flexibility index (Phi) is 2.63. The lowest BCUT2D eigenvalue weighted by Crippen LogP contribution is -2.38. The maximum absolute atomic E-state index is 2.78. The molecule has 2 aliphatic rings. The third kappa shape index (κ3) is 1.98. The standard InChI is InChI=1S/C13H25N/c1-12(2,3)8-9-13-6-4-10-14(13)11-5-7-13/h4-11H2,1-3H3. The number of hydrogen-bond donors (Lipinski definition) is 0. The van der Waals surface area contributed by atoms with Gasteiger partial charge in [-0.1, -0.05) is 20.8 Å². The van der Waals surface area contributed by atoms with E-state index in [-0.39, 0.29) is 0 Å². The fraction of sp³-hybridized carbons (Fsp3) is 1.00. The van der Waals surface area contributed by atoms with Crippen LogP contribution in [0.2, 0.25) is 0 Å². The summed E-state index contributed by atoms with van der Waals surface area (Å²) >= 11 is 0. The zero-order valence-electron chi connectivity index (χ0n) is 10.1. The molecule has 82 valence electrons. The van der Waals surface area contributed by atoms with Gasteiger partial charge in [-0.25, -0.2) is 0 Å². The zero-order chi connectivity index (χ0) is 10.2. The highest BCUT2D eigenvalue weighted by atomic mass is 15.2. The van der Waals surface area contributed by atoms with Crippen molar-refractivity contribution in [2.24, 2.45) is 5.41 Å². The number of nitrogens with zero attached hydrogens (tertiary/aromatic N) is 1. The molecule has 2 aliphatic heterocycles. The van der Waals surface area contributed by atoms with Crippen LogP contribution in [0.15, 0.2) is 0 Å². The molecule has 0 bridgehead atoms. The van der Waals surface area contributed by atoms with Crippen molar-refractivity contribution >= 4 is 0 Å². The van der Waals surface area contributed by atoms with Crippen molar-refractivity contribution in [2.45, 2.75) is 64.8 Å². The van der Waals surface area contributed by atoms with E-state index in [2.05, 4.69) is 25.7 Å². The molecule has 2 rings (SSSR count). The largest absolute Gasteiger partial charge is 0.298 e. The summed E-state index contributed by atoms with van der Waals surface area (Å²) in [7, 11) is 0. The van der Waals surface area contributed by atoms with E-state index in [4.69, 9.17) is 0 Å². The van der Waals surface area contributed by atoms with Gasteiger partial charge in [0.15, 0.2) is 0 Å². The monoisotopic (exact) mass is 195 g/mol. The molecule has 1 heteroatoms. The van der Waals surface area contributed by atoms with Crippen LogP contribution in [0.1, 0.15) is 59.3 Å². The lowest BCUT2D eigenvalue weighted by Gasteiger charge is -2.34. The first-order chi connectivity index (χ1) is 6.52. The van der Waals surface area contributed by atoms with Crippen LogP contribution in [0.4, 0.5) is 0 Å². The predicted octanol–water partition coefficient (Wildman–Crippen LogP) is 3.44. The van der Waals surface area contributed by atoms with Crippen molar-refractivity contribution in [1.29, 1.82) is 0 Å². The Morgan fingerprint density at radius 3 is 2.14 bits per heavy atom. The Balaban J connectivity index is 1.95. The molecular weight excluding hydrogens is 170 g/mol. The summed E-state index contributed by atoms with van der Waals surface area (Å²) in [5.74, 6) is 0. The first-order valence-electron chi connectivity index (χ1n) is 6.27. The van der Waals surface area contributed by atoms with Gasteiger partial charge < -0.3 is 0 Å². The van der Waals surface area contributed by atoms with Crippen molar-refractivity contribution in [1.82, 2.24) is 4.90 Å². The molecule has 0 N–H and O–H groups in total. The topological polar surface area (TPSA) is 3.24 Å². The van der Waals surface area contributed by atoms with Crippen molar-refractivity contribution in [2.75, 3.05) is 13.1 Å². The van der Waals surface area contributed by atoms with Crippen LogP contribution >= 0.6 is 0 Å². The molecule has 0 aliphatic carbocycles. The SMILES string of the molecule is CC(C)(C)CCC12CCCN1CCC2. The maximum Gasteiger partial charge on any atom is 0.0210 e. The summed E-state index contributed by atoms with van der Waals surface area (Å²) in [5, 5.41) is 0. The molecular formula is C13H25N. The van der Waals surface area contributed by atoms with Gasteiger partial charge in [-0.15, -0.1) is 0 Å². The summed E-state index contributed by atoms with van der Waals surface area (Å²) in [5.41, 5.74) is 1.17. The van der Waals surface area contributed by atoms with Crippen LogP contribution in [-0.2, 0) is 0 Å². The Morgan fingerprint density at radius 1 is 1.07 bits per heavy atom. The van der Waals surface area contributed by atoms with E-state index in [9.17, 15) is 0 Å². The van der Waals surface area contributed by atoms with Crippen LogP contribution in [-0.4, -0.2) is 23.5 Å². The van der Waals surface area contributed by atoms with E-state index in [1.807, 2.05) is 0 Å². The fourth-order valence-corrected chi connectivity index (χ4v) is 3.24. The van der Waals surface area contributed by atoms with E-state index in [1.54, 1.807) is 0 Å². The van der Waals surface area contributed by atoms with Crippen molar-refractivity contribution in [3.05, 3.63) is 0 Å². The Morgan fingerprint density at radius 2 is 1.64 bits per heavy atom. The van der Waals surface area contributed by atoms with E-state index in [1.165, 1.54) is 51.6 Å². The molecule has 0 radical (unpaired) electrons.